The van der Waals surface area contributed by atoms with Crippen molar-refractivity contribution in [2.24, 2.45) is 0 Å². The first-order valence-electron chi connectivity index (χ1n) is 6.17. The first-order valence-corrected chi connectivity index (χ1v) is 6.17. The Bertz CT molecular complexity index is 326. The van der Waals surface area contributed by atoms with E-state index in [-0.39, 0.29) is 12.7 Å². The summed E-state index contributed by atoms with van der Waals surface area (Å²) in [4.78, 5) is 2.20. The second-order valence-electron chi connectivity index (χ2n) is 4.63. The van der Waals surface area contributed by atoms with Crippen molar-refractivity contribution in [3.8, 4) is 5.75 Å². The van der Waals surface area contributed by atoms with E-state index in [9.17, 15) is 0 Å². The Labute approximate surface area is 104 Å². The van der Waals surface area contributed by atoms with Crippen LogP contribution in [0.3, 0.4) is 0 Å². The predicted octanol–water partition coefficient (Wildman–Crippen LogP) is 2.29. The molecule has 3 heteroatoms. The van der Waals surface area contributed by atoms with Crippen LogP contribution in [0.2, 0.25) is 0 Å². The molecule has 0 bridgehead atoms. The Balaban J connectivity index is 2.53. The van der Waals surface area contributed by atoms with E-state index in [1.54, 1.807) is 0 Å². The maximum atomic E-state index is 8.78. The molecule has 0 spiro atoms. The fourth-order valence-corrected chi connectivity index (χ4v) is 1.72. The highest BCUT2D eigenvalue weighted by Gasteiger charge is 2.02. The van der Waals surface area contributed by atoms with Crippen LogP contribution < -0.4 is 4.74 Å². The van der Waals surface area contributed by atoms with E-state index in [1.165, 1.54) is 5.56 Å². The highest BCUT2D eigenvalue weighted by atomic mass is 16.5. The van der Waals surface area contributed by atoms with Gasteiger partial charge in [-0.15, -0.1) is 0 Å². The number of ether oxygens (including phenoxy) is 1. The Morgan fingerprint density at radius 3 is 2.76 bits per heavy atom. The SMILES string of the molecule is CC(C)Oc1cccc(CN(C)CCCO)c1. The van der Waals surface area contributed by atoms with E-state index in [4.69, 9.17) is 9.84 Å². The average Bonchev–Trinajstić information content (AvgIpc) is 2.26. The summed E-state index contributed by atoms with van der Waals surface area (Å²) < 4.78 is 5.66. The van der Waals surface area contributed by atoms with Crippen molar-refractivity contribution in [2.45, 2.75) is 32.9 Å². The molecule has 0 unspecified atom stereocenters. The van der Waals surface area contributed by atoms with Crippen LogP contribution in [-0.4, -0.2) is 36.3 Å². The van der Waals surface area contributed by atoms with Gasteiger partial charge in [-0.3, -0.25) is 0 Å². The zero-order valence-electron chi connectivity index (χ0n) is 11.0. The standard InChI is InChI=1S/C14H23NO2/c1-12(2)17-14-7-4-6-13(10-14)11-15(3)8-5-9-16/h4,6-7,10,12,16H,5,8-9,11H2,1-3H3. The number of benzene rings is 1. The molecule has 0 aliphatic carbocycles. The van der Waals surface area contributed by atoms with Crippen LogP contribution in [0.15, 0.2) is 24.3 Å². The minimum atomic E-state index is 0.206. The second kappa shape index (κ2) is 7.30. The van der Waals surface area contributed by atoms with Gasteiger partial charge in [0.1, 0.15) is 5.75 Å². The monoisotopic (exact) mass is 237 g/mol. The third-order valence-corrected chi connectivity index (χ3v) is 2.42. The summed E-state index contributed by atoms with van der Waals surface area (Å²) in [6.45, 7) is 6.10. The molecule has 0 aliphatic rings. The molecule has 1 aromatic carbocycles. The van der Waals surface area contributed by atoms with Gasteiger partial charge in [0.25, 0.3) is 0 Å². The summed E-state index contributed by atoms with van der Waals surface area (Å²) in [5.41, 5.74) is 1.24. The van der Waals surface area contributed by atoms with Gasteiger partial charge in [-0.1, -0.05) is 12.1 Å². The summed E-state index contributed by atoms with van der Waals surface area (Å²) in [5.74, 6) is 0.924. The largest absolute Gasteiger partial charge is 0.491 e. The lowest BCUT2D eigenvalue weighted by Crippen LogP contribution is -2.19. The van der Waals surface area contributed by atoms with Crippen molar-refractivity contribution in [3.05, 3.63) is 29.8 Å². The molecule has 1 rings (SSSR count). The zero-order chi connectivity index (χ0) is 12.7. The topological polar surface area (TPSA) is 32.7 Å². The molecular formula is C14H23NO2. The zero-order valence-corrected chi connectivity index (χ0v) is 11.0. The lowest BCUT2D eigenvalue weighted by atomic mass is 10.2. The molecule has 0 amide bonds. The van der Waals surface area contributed by atoms with Crippen molar-refractivity contribution in [2.75, 3.05) is 20.2 Å². The fourth-order valence-electron chi connectivity index (χ4n) is 1.72. The van der Waals surface area contributed by atoms with E-state index in [0.29, 0.717) is 0 Å². The third kappa shape index (κ3) is 5.71. The molecule has 17 heavy (non-hydrogen) atoms. The molecule has 0 fully saturated rings. The molecule has 0 saturated heterocycles. The number of hydrogen-bond acceptors (Lipinski definition) is 3. The smallest absolute Gasteiger partial charge is 0.120 e. The summed E-state index contributed by atoms with van der Waals surface area (Å²) in [7, 11) is 2.06. The Morgan fingerprint density at radius 1 is 1.35 bits per heavy atom. The van der Waals surface area contributed by atoms with Crippen molar-refractivity contribution >= 4 is 0 Å². The van der Waals surface area contributed by atoms with E-state index >= 15 is 0 Å². The third-order valence-electron chi connectivity index (χ3n) is 2.42. The van der Waals surface area contributed by atoms with Crippen molar-refractivity contribution in [3.63, 3.8) is 0 Å². The van der Waals surface area contributed by atoms with Gasteiger partial charge < -0.3 is 14.7 Å². The number of hydrogen-bond donors (Lipinski definition) is 1. The van der Waals surface area contributed by atoms with E-state index in [0.717, 1.165) is 25.3 Å². The molecule has 0 aliphatic heterocycles. The fraction of sp³-hybridized carbons (Fsp3) is 0.571. The molecule has 0 heterocycles. The summed E-state index contributed by atoms with van der Waals surface area (Å²) in [5, 5.41) is 8.78. The van der Waals surface area contributed by atoms with E-state index < -0.39 is 0 Å². The van der Waals surface area contributed by atoms with Gasteiger partial charge in [0.2, 0.25) is 0 Å². The van der Waals surface area contributed by atoms with Crippen LogP contribution in [-0.2, 0) is 6.54 Å². The normalized spacial score (nSPS) is 11.2. The molecular weight excluding hydrogens is 214 g/mol. The first-order chi connectivity index (χ1) is 8.11. The number of nitrogens with zero attached hydrogens (tertiary/aromatic N) is 1. The van der Waals surface area contributed by atoms with Gasteiger partial charge in [-0.2, -0.15) is 0 Å². The van der Waals surface area contributed by atoms with Crippen LogP contribution in [0.25, 0.3) is 0 Å². The summed E-state index contributed by atoms with van der Waals surface area (Å²) in [6.07, 6.45) is 1.02. The maximum absolute atomic E-state index is 8.78. The Kier molecular flexibility index (Phi) is 6.01. The highest BCUT2D eigenvalue weighted by molar-refractivity contribution is 5.28. The van der Waals surface area contributed by atoms with Crippen LogP contribution >= 0.6 is 0 Å². The lowest BCUT2D eigenvalue weighted by Gasteiger charge is -2.17. The molecule has 0 radical (unpaired) electrons. The first kappa shape index (κ1) is 14.0. The van der Waals surface area contributed by atoms with Crippen LogP contribution in [0.4, 0.5) is 0 Å². The van der Waals surface area contributed by atoms with Crippen molar-refractivity contribution in [1.82, 2.24) is 4.90 Å². The van der Waals surface area contributed by atoms with Crippen molar-refractivity contribution < 1.29 is 9.84 Å². The second-order valence-corrected chi connectivity index (χ2v) is 4.63. The van der Waals surface area contributed by atoms with Gasteiger partial charge in [0.05, 0.1) is 6.10 Å². The predicted molar refractivity (Wildman–Crippen MR) is 70.2 cm³/mol. The number of aliphatic hydroxyl groups excluding tert-OH is 1. The van der Waals surface area contributed by atoms with E-state index in [2.05, 4.69) is 24.1 Å². The molecule has 3 nitrogen and oxygen atoms in total. The molecule has 96 valence electrons. The van der Waals surface area contributed by atoms with Crippen LogP contribution in [0.5, 0.6) is 5.75 Å². The molecule has 0 aromatic heterocycles. The van der Waals surface area contributed by atoms with Crippen LogP contribution in [0.1, 0.15) is 25.8 Å². The molecule has 1 N–H and O–H groups in total. The van der Waals surface area contributed by atoms with Gasteiger partial charge in [-0.05, 0) is 45.0 Å². The van der Waals surface area contributed by atoms with Gasteiger partial charge >= 0.3 is 0 Å². The van der Waals surface area contributed by atoms with Gasteiger partial charge in [0, 0.05) is 19.7 Å². The maximum Gasteiger partial charge on any atom is 0.120 e. The van der Waals surface area contributed by atoms with Gasteiger partial charge in [0.15, 0.2) is 0 Å². The molecule has 0 atom stereocenters. The Hall–Kier alpha value is -1.06. The Morgan fingerprint density at radius 2 is 2.12 bits per heavy atom. The summed E-state index contributed by atoms with van der Waals surface area (Å²) >= 11 is 0. The quantitative estimate of drug-likeness (QED) is 0.789. The molecule has 0 saturated carbocycles. The summed E-state index contributed by atoms with van der Waals surface area (Å²) in [6, 6.07) is 8.18. The van der Waals surface area contributed by atoms with E-state index in [1.807, 2.05) is 26.0 Å². The van der Waals surface area contributed by atoms with Crippen LogP contribution in [0, 0.1) is 0 Å². The number of rotatable bonds is 7. The molecule has 1 aromatic rings. The number of aliphatic hydroxyl groups is 1. The van der Waals surface area contributed by atoms with Crippen molar-refractivity contribution in [1.29, 1.82) is 0 Å². The minimum Gasteiger partial charge on any atom is -0.491 e. The lowest BCUT2D eigenvalue weighted by molar-refractivity contribution is 0.238. The minimum absolute atomic E-state index is 0.206. The average molecular weight is 237 g/mol. The highest BCUT2D eigenvalue weighted by Crippen LogP contribution is 2.16. The van der Waals surface area contributed by atoms with Gasteiger partial charge in [-0.25, -0.2) is 0 Å².